The third kappa shape index (κ3) is 4.28. The number of rotatable bonds is 4. The molecule has 0 amide bonds. The maximum Gasteiger partial charge on any atom is 0.101 e. The Labute approximate surface area is 278 Å². The maximum absolute atomic E-state index is 10.3. The summed E-state index contributed by atoms with van der Waals surface area (Å²) in [5.41, 5.74) is 11.5. The van der Waals surface area contributed by atoms with Crippen molar-refractivity contribution in [2.75, 3.05) is 0 Å². The van der Waals surface area contributed by atoms with Crippen molar-refractivity contribution in [3.05, 3.63) is 162 Å². The first kappa shape index (κ1) is 27.9. The molecular weight excluding hydrogens is 585 g/mol. The molecule has 2 aliphatic carbocycles. The molecule has 5 aromatic carbocycles. The van der Waals surface area contributed by atoms with E-state index in [2.05, 4.69) is 155 Å². The molecule has 2 aromatic heterocycles. The van der Waals surface area contributed by atoms with E-state index in [1.54, 1.807) is 0 Å². The normalized spacial score (nSPS) is 16.3. The Morgan fingerprint density at radius 1 is 0.604 bits per heavy atom. The summed E-state index contributed by atoms with van der Waals surface area (Å²) in [6.45, 7) is 0. The quantitative estimate of drug-likeness (QED) is 0.198. The number of nitriles is 2. The fraction of sp³-hybridized carbons (Fsp3) is 0.0909. The maximum atomic E-state index is 10.3. The molecular formula is C44H30N4. The first-order valence-electron chi connectivity index (χ1n) is 16.5. The summed E-state index contributed by atoms with van der Waals surface area (Å²) in [6, 6.07) is 45.2. The number of benzene rings is 5. The van der Waals surface area contributed by atoms with Gasteiger partial charge in [-0.1, -0.05) is 97.1 Å². The molecule has 226 valence electrons. The molecule has 4 nitrogen and oxygen atoms in total. The van der Waals surface area contributed by atoms with Crippen LogP contribution in [0.4, 0.5) is 0 Å². The fourth-order valence-electron chi connectivity index (χ4n) is 7.87. The van der Waals surface area contributed by atoms with Gasteiger partial charge in [0.15, 0.2) is 0 Å². The van der Waals surface area contributed by atoms with E-state index in [1.807, 2.05) is 6.07 Å². The average molecular weight is 615 g/mol. The van der Waals surface area contributed by atoms with Gasteiger partial charge in [-0.3, -0.25) is 0 Å². The van der Waals surface area contributed by atoms with Crippen molar-refractivity contribution in [2.24, 2.45) is 5.92 Å². The number of hydrogen-bond acceptors (Lipinski definition) is 2. The van der Waals surface area contributed by atoms with Gasteiger partial charge in [0.2, 0.25) is 0 Å². The molecule has 0 radical (unpaired) electrons. The lowest BCUT2D eigenvalue weighted by molar-refractivity contribution is 0.764. The predicted molar refractivity (Wildman–Crippen MR) is 196 cm³/mol. The van der Waals surface area contributed by atoms with E-state index in [1.165, 1.54) is 43.8 Å². The molecule has 0 fully saturated rings. The largest absolute Gasteiger partial charge is 0.313 e. The van der Waals surface area contributed by atoms with Crippen molar-refractivity contribution in [1.29, 1.82) is 10.5 Å². The number of allylic oxidation sites excluding steroid dienone is 8. The van der Waals surface area contributed by atoms with E-state index < -0.39 is 0 Å². The second kappa shape index (κ2) is 11.2. The van der Waals surface area contributed by atoms with Crippen LogP contribution >= 0.6 is 0 Å². The van der Waals surface area contributed by atoms with Crippen LogP contribution in [0.5, 0.6) is 0 Å². The molecule has 0 spiro atoms. The van der Waals surface area contributed by atoms with E-state index in [0.717, 1.165) is 52.7 Å². The third-order valence-corrected chi connectivity index (χ3v) is 10.0. The zero-order valence-corrected chi connectivity index (χ0v) is 26.3. The van der Waals surface area contributed by atoms with Gasteiger partial charge in [0.1, 0.15) is 6.07 Å². The van der Waals surface area contributed by atoms with E-state index >= 15 is 0 Å². The first-order valence-corrected chi connectivity index (χ1v) is 16.5. The van der Waals surface area contributed by atoms with Crippen molar-refractivity contribution in [3.8, 4) is 17.8 Å². The Hall–Kier alpha value is -6.36. The van der Waals surface area contributed by atoms with Crippen LogP contribution in [-0.4, -0.2) is 9.13 Å². The second-order valence-electron chi connectivity index (χ2n) is 12.6. The van der Waals surface area contributed by atoms with Gasteiger partial charge in [-0.2, -0.15) is 10.5 Å². The van der Waals surface area contributed by atoms with Gasteiger partial charge in [-0.15, -0.1) is 0 Å². The zero-order valence-electron chi connectivity index (χ0n) is 26.3. The van der Waals surface area contributed by atoms with E-state index in [9.17, 15) is 10.5 Å². The first-order chi connectivity index (χ1) is 23.7. The molecule has 2 heterocycles. The molecule has 0 saturated heterocycles. The van der Waals surface area contributed by atoms with Gasteiger partial charge in [0, 0.05) is 38.7 Å². The molecule has 9 rings (SSSR count). The van der Waals surface area contributed by atoms with Crippen LogP contribution in [0.25, 0.3) is 60.6 Å². The molecule has 1 atom stereocenters. The predicted octanol–water partition coefficient (Wildman–Crippen LogP) is 10.9. The van der Waals surface area contributed by atoms with Gasteiger partial charge < -0.3 is 9.13 Å². The summed E-state index contributed by atoms with van der Waals surface area (Å²) in [5.74, 6) is 0.0934. The fourth-order valence-corrected chi connectivity index (χ4v) is 7.87. The van der Waals surface area contributed by atoms with Crippen LogP contribution in [0.15, 0.2) is 151 Å². The highest BCUT2D eigenvalue weighted by Crippen LogP contribution is 2.42. The number of para-hydroxylation sites is 4. The van der Waals surface area contributed by atoms with Crippen molar-refractivity contribution >= 4 is 54.9 Å². The Balaban J connectivity index is 1.22. The lowest BCUT2D eigenvalue weighted by Crippen LogP contribution is -2.12. The van der Waals surface area contributed by atoms with E-state index in [-0.39, 0.29) is 5.92 Å². The summed E-state index contributed by atoms with van der Waals surface area (Å²) in [6.07, 6.45) is 11.3. The Kier molecular flexibility index (Phi) is 6.49. The van der Waals surface area contributed by atoms with Crippen LogP contribution < -0.4 is 0 Å². The lowest BCUT2D eigenvalue weighted by Gasteiger charge is -2.27. The third-order valence-electron chi connectivity index (χ3n) is 10.0. The Bertz CT molecular complexity index is 2570. The molecule has 0 N–H and O–H groups in total. The number of aromatic nitrogens is 2. The van der Waals surface area contributed by atoms with Crippen LogP contribution in [0.2, 0.25) is 0 Å². The average Bonchev–Trinajstić information content (AvgIpc) is 3.67. The minimum Gasteiger partial charge on any atom is -0.313 e. The topological polar surface area (TPSA) is 57.4 Å². The summed E-state index contributed by atoms with van der Waals surface area (Å²) in [7, 11) is 0. The van der Waals surface area contributed by atoms with Gasteiger partial charge in [-0.05, 0) is 78.4 Å². The van der Waals surface area contributed by atoms with E-state index in [4.69, 9.17) is 0 Å². The Morgan fingerprint density at radius 2 is 1.17 bits per heavy atom. The minimum absolute atomic E-state index is 0.0934. The van der Waals surface area contributed by atoms with Crippen LogP contribution in [0.3, 0.4) is 0 Å². The minimum atomic E-state index is 0.0934. The second-order valence-corrected chi connectivity index (χ2v) is 12.6. The monoisotopic (exact) mass is 614 g/mol. The zero-order chi connectivity index (χ0) is 32.2. The van der Waals surface area contributed by atoms with Crippen LogP contribution in [0, 0.1) is 28.6 Å². The highest BCUT2D eigenvalue weighted by atomic mass is 15.0. The lowest BCUT2D eigenvalue weighted by atomic mass is 9.82. The van der Waals surface area contributed by atoms with Crippen LogP contribution in [0.1, 0.15) is 30.4 Å². The van der Waals surface area contributed by atoms with Crippen molar-refractivity contribution in [2.45, 2.75) is 19.3 Å². The van der Waals surface area contributed by atoms with Gasteiger partial charge in [0.25, 0.3) is 0 Å². The molecule has 2 aliphatic rings. The summed E-state index contributed by atoms with van der Waals surface area (Å²) >= 11 is 0. The summed E-state index contributed by atoms with van der Waals surface area (Å²) < 4.78 is 4.65. The van der Waals surface area contributed by atoms with Gasteiger partial charge in [0.05, 0.1) is 39.4 Å². The standard InChI is InChI=1S/C44H30N4/c45-27-29-20-23-43(47-39-16-5-1-12-34(39)35-13-2-6-17-40(35)47)38(24-29)32-11-9-10-30(25-32)31-21-22-33(28-46)44(26-31)48-41-18-7-3-14-36(41)37-15-4-8-19-42(37)48/h1-10,12-19,21-22,24-26,32H,11,20,23H2. The van der Waals surface area contributed by atoms with Crippen molar-refractivity contribution in [3.63, 3.8) is 0 Å². The molecule has 48 heavy (non-hydrogen) atoms. The molecule has 4 heteroatoms. The summed E-state index contributed by atoms with van der Waals surface area (Å²) in [4.78, 5) is 0. The van der Waals surface area contributed by atoms with Crippen molar-refractivity contribution in [1.82, 2.24) is 9.13 Å². The SMILES string of the molecule is N#CC1=CC(C2C=C(c3ccc(C#N)c(-n4c5ccccc5c5ccccc54)c3)C=CC2)=C(n2c3ccccc3c3ccccc32)CC1. The number of hydrogen-bond donors (Lipinski definition) is 0. The van der Waals surface area contributed by atoms with Gasteiger partial charge >= 0.3 is 0 Å². The highest BCUT2D eigenvalue weighted by molar-refractivity contribution is 6.11. The van der Waals surface area contributed by atoms with Crippen molar-refractivity contribution < 1.29 is 0 Å². The molecule has 0 saturated carbocycles. The molecule has 7 aromatic rings. The number of fused-ring (bicyclic) bond motifs is 6. The highest BCUT2D eigenvalue weighted by Gasteiger charge is 2.25. The molecule has 0 bridgehead atoms. The van der Waals surface area contributed by atoms with E-state index in [0.29, 0.717) is 5.56 Å². The summed E-state index contributed by atoms with van der Waals surface area (Å²) in [5, 5.41) is 25.1. The smallest absolute Gasteiger partial charge is 0.101 e. The Morgan fingerprint density at radius 3 is 1.73 bits per heavy atom. The molecule has 1 unspecified atom stereocenters. The van der Waals surface area contributed by atoms with Gasteiger partial charge in [-0.25, -0.2) is 0 Å². The van der Waals surface area contributed by atoms with Crippen LogP contribution in [-0.2, 0) is 0 Å². The number of nitrogens with zero attached hydrogens (tertiary/aromatic N) is 4. The molecule has 0 aliphatic heterocycles.